The maximum Gasteiger partial charge on any atom is 0.411 e. The zero-order valence-electron chi connectivity index (χ0n) is 17.8. The average molecular weight is 431 g/mol. The Kier molecular flexibility index (Phi) is 5.98. The fraction of sp³-hybridized carbons (Fsp3) is 0.320. The number of benzene rings is 2. The first-order chi connectivity index (χ1) is 15.7. The van der Waals surface area contributed by atoms with Crippen molar-refractivity contribution in [3.63, 3.8) is 0 Å². The van der Waals surface area contributed by atoms with Crippen LogP contribution in [0.1, 0.15) is 18.4 Å². The van der Waals surface area contributed by atoms with E-state index in [-0.39, 0.29) is 12.7 Å². The minimum atomic E-state index is -0.490. The SMILES string of the molecule is O=C(Nc1ccc(-c2cnc(OC3CN4CCC3CC4)cn2)cc1)OCc1ccccc1. The van der Waals surface area contributed by atoms with Crippen LogP contribution in [0.15, 0.2) is 67.0 Å². The van der Waals surface area contributed by atoms with Crippen molar-refractivity contribution in [3.8, 4) is 17.1 Å². The molecule has 6 rings (SSSR count). The molecule has 0 radical (unpaired) electrons. The third-order valence-corrected chi connectivity index (χ3v) is 6.14. The lowest BCUT2D eigenvalue weighted by Gasteiger charge is -2.44. The Morgan fingerprint density at radius 1 is 1.00 bits per heavy atom. The second-order valence-corrected chi connectivity index (χ2v) is 8.30. The molecule has 1 atom stereocenters. The number of carbonyl (C=O) groups is 1. The van der Waals surface area contributed by atoms with Crippen molar-refractivity contribution in [2.45, 2.75) is 25.6 Å². The van der Waals surface area contributed by atoms with Crippen molar-refractivity contribution >= 4 is 11.8 Å². The van der Waals surface area contributed by atoms with Crippen LogP contribution in [0.3, 0.4) is 0 Å². The zero-order chi connectivity index (χ0) is 21.8. The molecular weight excluding hydrogens is 404 g/mol. The standard InChI is InChI=1S/C25H26N4O3/c30-25(31-17-18-4-2-1-3-5-18)28-21-8-6-19(7-9-21)22-14-27-24(15-26-22)32-23-16-29-12-10-20(23)11-13-29/h1-9,14-15,20,23H,10-13,16-17H2,(H,28,30). The Bertz CT molecular complexity index is 1030. The summed E-state index contributed by atoms with van der Waals surface area (Å²) in [5.41, 5.74) is 3.26. The van der Waals surface area contributed by atoms with E-state index in [1.54, 1.807) is 12.4 Å². The number of fused-ring (bicyclic) bond motifs is 3. The highest BCUT2D eigenvalue weighted by Gasteiger charge is 2.35. The molecule has 3 aliphatic heterocycles. The van der Waals surface area contributed by atoms with Gasteiger partial charge in [-0.15, -0.1) is 0 Å². The largest absolute Gasteiger partial charge is 0.472 e. The molecule has 0 saturated carbocycles. The summed E-state index contributed by atoms with van der Waals surface area (Å²) in [6.45, 7) is 3.58. The lowest BCUT2D eigenvalue weighted by molar-refractivity contribution is -0.0101. The summed E-state index contributed by atoms with van der Waals surface area (Å²) in [6.07, 6.45) is 5.56. The van der Waals surface area contributed by atoms with Gasteiger partial charge in [0, 0.05) is 17.8 Å². The average Bonchev–Trinajstić information content (AvgIpc) is 2.85. The van der Waals surface area contributed by atoms with Gasteiger partial charge in [-0.25, -0.2) is 14.8 Å². The number of rotatable bonds is 6. The van der Waals surface area contributed by atoms with Gasteiger partial charge in [0.05, 0.1) is 18.1 Å². The quantitative estimate of drug-likeness (QED) is 0.626. The molecular formula is C25H26N4O3. The van der Waals surface area contributed by atoms with Gasteiger partial charge in [0.2, 0.25) is 5.88 Å². The Morgan fingerprint density at radius 3 is 2.44 bits per heavy atom. The van der Waals surface area contributed by atoms with Gasteiger partial charge in [0.25, 0.3) is 0 Å². The Hall–Kier alpha value is -3.45. The number of amides is 1. The molecule has 4 heterocycles. The van der Waals surface area contributed by atoms with Crippen molar-refractivity contribution in [1.29, 1.82) is 0 Å². The monoisotopic (exact) mass is 430 g/mol. The minimum Gasteiger partial charge on any atom is -0.472 e. The molecule has 0 aliphatic carbocycles. The maximum absolute atomic E-state index is 12.0. The molecule has 7 heteroatoms. The van der Waals surface area contributed by atoms with Crippen molar-refractivity contribution in [3.05, 3.63) is 72.6 Å². The third-order valence-electron chi connectivity index (χ3n) is 6.14. The number of nitrogens with zero attached hydrogens (tertiary/aromatic N) is 3. The first kappa shape index (κ1) is 20.5. The van der Waals surface area contributed by atoms with Gasteiger partial charge >= 0.3 is 6.09 Å². The van der Waals surface area contributed by atoms with Gasteiger partial charge in [0.15, 0.2) is 0 Å². The van der Waals surface area contributed by atoms with Crippen LogP contribution in [0.4, 0.5) is 10.5 Å². The fourth-order valence-electron chi connectivity index (χ4n) is 4.33. The molecule has 2 aromatic carbocycles. The molecule has 3 aliphatic rings. The molecule has 1 unspecified atom stereocenters. The zero-order valence-corrected chi connectivity index (χ0v) is 17.8. The Morgan fingerprint density at radius 2 is 1.78 bits per heavy atom. The molecule has 1 aromatic heterocycles. The van der Waals surface area contributed by atoms with Crippen LogP contribution >= 0.6 is 0 Å². The fourth-order valence-corrected chi connectivity index (χ4v) is 4.33. The molecule has 3 aromatic rings. The van der Waals surface area contributed by atoms with Crippen LogP contribution in [0.25, 0.3) is 11.3 Å². The first-order valence-electron chi connectivity index (χ1n) is 11.0. The van der Waals surface area contributed by atoms with Gasteiger partial charge in [-0.2, -0.15) is 0 Å². The molecule has 3 saturated heterocycles. The van der Waals surface area contributed by atoms with Crippen molar-refractivity contribution < 1.29 is 14.3 Å². The molecule has 1 N–H and O–H groups in total. The van der Waals surface area contributed by atoms with Crippen molar-refractivity contribution in [2.75, 3.05) is 25.0 Å². The van der Waals surface area contributed by atoms with Crippen molar-refractivity contribution in [2.24, 2.45) is 5.92 Å². The lowest BCUT2D eigenvalue weighted by atomic mass is 9.86. The third kappa shape index (κ3) is 4.89. The Labute approximate surface area is 187 Å². The molecule has 1 amide bonds. The molecule has 2 bridgehead atoms. The van der Waals surface area contributed by atoms with E-state index < -0.39 is 6.09 Å². The number of piperidine rings is 3. The normalized spacial score (nSPS) is 21.7. The second-order valence-electron chi connectivity index (χ2n) is 8.30. The maximum atomic E-state index is 12.0. The van der Waals surface area contributed by atoms with Crippen LogP contribution in [-0.4, -0.2) is 46.7 Å². The molecule has 32 heavy (non-hydrogen) atoms. The highest BCUT2D eigenvalue weighted by molar-refractivity contribution is 5.85. The molecule has 0 spiro atoms. The van der Waals surface area contributed by atoms with E-state index in [0.29, 0.717) is 17.5 Å². The number of hydrogen-bond acceptors (Lipinski definition) is 6. The molecule has 3 fully saturated rings. The highest BCUT2D eigenvalue weighted by Crippen LogP contribution is 2.30. The molecule has 7 nitrogen and oxygen atoms in total. The summed E-state index contributed by atoms with van der Waals surface area (Å²) in [6, 6.07) is 17.0. The van der Waals surface area contributed by atoms with E-state index >= 15 is 0 Å². The lowest BCUT2D eigenvalue weighted by Crippen LogP contribution is -2.52. The molecule has 164 valence electrons. The summed E-state index contributed by atoms with van der Waals surface area (Å²) in [5.74, 6) is 1.20. The predicted molar refractivity (Wildman–Crippen MR) is 121 cm³/mol. The van der Waals surface area contributed by atoms with Gasteiger partial charge in [0.1, 0.15) is 12.7 Å². The number of ether oxygens (including phenoxy) is 2. The van der Waals surface area contributed by atoms with Gasteiger partial charge in [-0.3, -0.25) is 10.2 Å². The summed E-state index contributed by atoms with van der Waals surface area (Å²) in [4.78, 5) is 23.5. The summed E-state index contributed by atoms with van der Waals surface area (Å²) in [5, 5.41) is 2.74. The smallest absolute Gasteiger partial charge is 0.411 e. The predicted octanol–water partition coefficient (Wildman–Crippen LogP) is 4.37. The van der Waals surface area contributed by atoms with E-state index in [0.717, 1.165) is 23.4 Å². The number of nitrogens with one attached hydrogen (secondary N) is 1. The summed E-state index contributed by atoms with van der Waals surface area (Å²) >= 11 is 0. The van der Waals surface area contributed by atoms with E-state index in [2.05, 4.69) is 20.2 Å². The summed E-state index contributed by atoms with van der Waals surface area (Å²) in [7, 11) is 0. The van der Waals surface area contributed by atoms with Crippen LogP contribution in [0.5, 0.6) is 5.88 Å². The summed E-state index contributed by atoms with van der Waals surface area (Å²) < 4.78 is 11.4. The number of aromatic nitrogens is 2. The second kappa shape index (κ2) is 9.36. The van der Waals surface area contributed by atoms with E-state index in [4.69, 9.17) is 9.47 Å². The topological polar surface area (TPSA) is 76.6 Å². The number of carbonyl (C=O) groups excluding carboxylic acids is 1. The van der Waals surface area contributed by atoms with Crippen molar-refractivity contribution in [1.82, 2.24) is 14.9 Å². The van der Waals surface area contributed by atoms with E-state index in [9.17, 15) is 4.79 Å². The van der Waals surface area contributed by atoms with E-state index in [1.807, 2.05) is 54.6 Å². The highest BCUT2D eigenvalue weighted by atomic mass is 16.5. The number of hydrogen-bond donors (Lipinski definition) is 1. The van der Waals surface area contributed by atoms with Gasteiger partial charge in [-0.05, 0) is 49.5 Å². The van der Waals surface area contributed by atoms with Crippen LogP contribution in [-0.2, 0) is 11.3 Å². The number of anilines is 1. The van der Waals surface area contributed by atoms with Crippen LogP contribution in [0.2, 0.25) is 0 Å². The van der Waals surface area contributed by atoms with Crippen LogP contribution < -0.4 is 10.1 Å². The minimum absolute atomic E-state index is 0.213. The Balaban J connectivity index is 1.14. The van der Waals surface area contributed by atoms with E-state index in [1.165, 1.54) is 25.9 Å². The first-order valence-corrected chi connectivity index (χ1v) is 11.0. The van der Waals surface area contributed by atoms with Gasteiger partial charge in [-0.1, -0.05) is 42.5 Å². The van der Waals surface area contributed by atoms with Crippen LogP contribution in [0, 0.1) is 5.92 Å². The van der Waals surface area contributed by atoms with Gasteiger partial charge < -0.3 is 9.47 Å².